The van der Waals surface area contributed by atoms with Gasteiger partial charge in [-0.05, 0) is 0 Å². The minimum atomic E-state index is -3.09. The van der Waals surface area contributed by atoms with E-state index in [0.29, 0.717) is 0 Å². The first-order chi connectivity index (χ1) is 6.50. The van der Waals surface area contributed by atoms with Crippen molar-refractivity contribution in [1.82, 2.24) is 9.55 Å². The molecule has 4 nitrogen and oxygen atoms in total. The molecule has 1 heterocycles. The van der Waals surface area contributed by atoms with Crippen LogP contribution in [0.15, 0.2) is 12.5 Å². The lowest BCUT2D eigenvalue weighted by Gasteiger charge is -1.95. The van der Waals surface area contributed by atoms with Crippen molar-refractivity contribution >= 4 is 11.6 Å². The molecule has 1 aromatic heterocycles. The molecule has 76 valence electrons. The summed E-state index contributed by atoms with van der Waals surface area (Å²) in [5.41, 5.74) is 0.0292. The van der Waals surface area contributed by atoms with Gasteiger partial charge in [0.2, 0.25) is 5.78 Å². The second-order valence-electron chi connectivity index (χ2n) is 2.79. The second-order valence-corrected chi connectivity index (χ2v) is 2.79. The molecule has 0 radical (unpaired) electrons. The average molecular weight is 202 g/mol. The Kier molecular flexibility index (Phi) is 3.06. The highest BCUT2D eigenvalue weighted by Gasteiger charge is 2.21. The lowest BCUT2D eigenvalue weighted by atomic mass is 10.2. The van der Waals surface area contributed by atoms with Gasteiger partial charge in [0, 0.05) is 13.2 Å². The highest BCUT2D eigenvalue weighted by Crippen LogP contribution is 2.04. The fraction of sp³-hybridized carbons (Fsp3) is 0.375. The number of Topliss-reactive ketones (excluding diaryl/α,β-unsaturated/α-hetero) is 2. The van der Waals surface area contributed by atoms with Gasteiger partial charge in [0.15, 0.2) is 5.78 Å². The van der Waals surface area contributed by atoms with Gasteiger partial charge >= 0.3 is 0 Å². The van der Waals surface area contributed by atoms with E-state index in [9.17, 15) is 18.4 Å². The normalized spacial score (nSPS) is 10.6. The quantitative estimate of drug-likeness (QED) is 0.536. The Labute approximate surface area is 78.5 Å². The molecule has 0 N–H and O–H groups in total. The Morgan fingerprint density at radius 3 is 2.64 bits per heavy atom. The molecule has 0 aliphatic rings. The topological polar surface area (TPSA) is 52.0 Å². The van der Waals surface area contributed by atoms with Gasteiger partial charge in [0.1, 0.15) is 5.69 Å². The van der Waals surface area contributed by atoms with Gasteiger partial charge in [-0.2, -0.15) is 0 Å². The van der Waals surface area contributed by atoms with E-state index >= 15 is 0 Å². The van der Waals surface area contributed by atoms with Crippen molar-refractivity contribution in [3.05, 3.63) is 18.2 Å². The van der Waals surface area contributed by atoms with Crippen LogP contribution in [0.25, 0.3) is 0 Å². The molecule has 1 rings (SSSR count). The van der Waals surface area contributed by atoms with Crippen molar-refractivity contribution in [3.8, 4) is 0 Å². The maximum Gasteiger partial charge on any atom is 0.296 e. The van der Waals surface area contributed by atoms with Gasteiger partial charge in [-0.15, -0.1) is 0 Å². The van der Waals surface area contributed by atoms with Crippen molar-refractivity contribution in [2.75, 3.05) is 0 Å². The summed E-state index contributed by atoms with van der Waals surface area (Å²) in [5.74, 6) is -2.06. The summed E-state index contributed by atoms with van der Waals surface area (Å²) in [7, 11) is 1.64. The van der Waals surface area contributed by atoms with Crippen LogP contribution < -0.4 is 0 Å². The number of carbonyl (C=O) groups excluding carboxylic acids is 2. The van der Waals surface area contributed by atoms with Gasteiger partial charge in [0.05, 0.1) is 12.7 Å². The SMILES string of the molecule is Cn1cnc(C(=O)CC(=O)C(F)F)c1. The van der Waals surface area contributed by atoms with Crippen molar-refractivity contribution in [3.63, 3.8) is 0 Å². The molecule has 0 saturated heterocycles. The lowest BCUT2D eigenvalue weighted by molar-refractivity contribution is -0.128. The van der Waals surface area contributed by atoms with Crippen LogP contribution in [0.5, 0.6) is 0 Å². The number of imidazole rings is 1. The third-order valence-corrected chi connectivity index (χ3v) is 1.57. The van der Waals surface area contributed by atoms with E-state index in [2.05, 4.69) is 4.98 Å². The number of aryl methyl sites for hydroxylation is 1. The van der Waals surface area contributed by atoms with Gasteiger partial charge in [0.25, 0.3) is 6.43 Å². The molecule has 0 spiro atoms. The number of rotatable bonds is 4. The third kappa shape index (κ3) is 2.45. The standard InChI is InChI=1S/C8H8F2N2O2/c1-12-3-5(11-4-12)6(13)2-7(14)8(9)10/h3-4,8H,2H2,1H3. The molecular weight excluding hydrogens is 194 g/mol. The summed E-state index contributed by atoms with van der Waals surface area (Å²) >= 11 is 0. The molecule has 14 heavy (non-hydrogen) atoms. The highest BCUT2D eigenvalue weighted by molar-refractivity contribution is 6.07. The molecule has 0 atom stereocenters. The predicted octanol–water partition coefficient (Wildman–Crippen LogP) is 0.827. The minimum absolute atomic E-state index is 0.0292. The number of aromatic nitrogens is 2. The average Bonchev–Trinajstić information content (AvgIpc) is 2.51. The monoisotopic (exact) mass is 202 g/mol. The van der Waals surface area contributed by atoms with Crippen molar-refractivity contribution in [2.24, 2.45) is 7.05 Å². The van der Waals surface area contributed by atoms with Gasteiger partial charge in [-0.1, -0.05) is 0 Å². The number of hydrogen-bond acceptors (Lipinski definition) is 3. The molecule has 6 heteroatoms. The zero-order valence-corrected chi connectivity index (χ0v) is 7.41. The van der Waals surface area contributed by atoms with E-state index in [1.807, 2.05) is 0 Å². The molecular formula is C8H8F2N2O2. The van der Waals surface area contributed by atoms with Crippen LogP contribution in [0, 0.1) is 0 Å². The molecule has 1 aromatic rings. The predicted molar refractivity (Wildman–Crippen MR) is 43.2 cm³/mol. The zero-order valence-electron chi connectivity index (χ0n) is 7.41. The van der Waals surface area contributed by atoms with E-state index < -0.39 is 24.4 Å². The van der Waals surface area contributed by atoms with Crippen LogP contribution in [0.1, 0.15) is 16.9 Å². The number of alkyl halides is 2. The Morgan fingerprint density at radius 1 is 1.57 bits per heavy atom. The zero-order chi connectivity index (χ0) is 10.7. The molecule has 0 fully saturated rings. The number of carbonyl (C=O) groups is 2. The maximum atomic E-state index is 11.8. The fourth-order valence-electron chi connectivity index (χ4n) is 0.883. The molecule has 0 saturated carbocycles. The Hall–Kier alpha value is -1.59. The number of hydrogen-bond donors (Lipinski definition) is 0. The van der Waals surface area contributed by atoms with Crippen LogP contribution in [0.2, 0.25) is 0 Å². The number of ketones is 2. The molecule has 0 unspecified atom stereocenters. The number of nitrogens with zero attached hydrogens (tertiary/aromatic N) is 2. The van der Waals surface area contributed by atoms with Gasteiger partial charge < -0.3 is 4.57 Å². The van der Waals surface area contributed by atoms with E-state index in [-0.39, 0.29) is 5.69 Å². The maximum absolute atomic E-state index is 11.8. The van der Waals surface area contributed by atoms with Crippen LogP contribution in [-0.2, 0) is 11.8 Å². The summed E-state index contributed by atoms with van der Waals surface area (Å²) in [6.07, 6.45) is -1.15. The van der Waals surface area contributed by atoms with Gasteiger partial charge in [-0.3, -0.25) is 9.59 Å². The summed E-state index contributed by atoms with van der Waals surface area (Å²) in [6, 6.07) is 0. The van der Waals surface area contributed by atoms with Crippen molar-refractivity contribution < 1.29 is 18.4 Å². The fourth-order valence-corrected chi connectivity index (χ4v) is 0.883. The Bertz CT molecular complexity index is 360. The van der Waals surface area contributed by atoms with Crippen LogP contribution in [-0.4, -0.2) is 27.5 Å². The Morgan fingerprint density at radius 2 is 2.21 bits per heavy atom. The molecule has 0 aliphatic carbocycles. The van der Waals surface area contributed by atoms with Crippen LogP contribution >= 0.6 is 0 Å². The highest BCUT2D eigenvalue weighted by atomic mass is 19.3. The summed E-state index contributed by atoms with van der Waals surface area (Å²) in [5, 5.41) is 0. The lowest BCUT2D eigenvalue weighted by Crippen LogP contribution is -2.15. The first-order valence-electron chi connectivity index (χ1n) is 3.82. The molecule has 0 aromatic carbocycles. The third-order valence-electron chi connectivity index (χ3n) is 1.57. The molecule has 0 bridgehead atoms. The first-order valence-corrected chi connectivity index (χ1v) is 3.82. The van der Waals surface area contributed by atoms with Crippen LogP contribution in [0.3, 0.4) is 0 Å². The van der Waals surface area contributed by atoms with Crippen molar-refractivity contribution in [1.29, 1.82) is 0 Å². The summed E-state index contributed by atoms with van der Waals surface area (Å²) < 4.78 is 25.1. The smallest absolute Gasteiger partial charge is 0.296 e. The largest absolute Gasteiger partial charge is 0.340 e. The number of halogens is 2. The second kappa shape index (κ2) is 4.08. The minimum Gasteiger partial charge on any atom is -0.340 e. The van der Waals surface area contributed by atoms with E-state index in [0.717, 1.165) is 0 Å². The van der Waals surface area contributed by atoms with Crippen molar-refractivity contribution in [2.45, 2.75) is 12.8 Å². The van der Waals surface area contributed by atoms with E-state index in [1.54, 1.807) is 7.05 Å². The summed E-state index contributed by atoms with van der Waals surface area (Å²) in [6.45, 7) is 0. The van der Waals surface area contributed by atoms with E-state index in [1.165, 1.54) is 17.1 Å². The Balaban J connectivity index is 2.64. The van der Waals surface area contributed by atoms with Crippen LogP contribution in [0.4, 0.5) is 8.78 Å². The molecule has 0 amide bonds. The van der Waals surface area contributed by atoms with E-state index in [4.69, 9.17) is 0 Å². The molecule has 0 aliphatic heterocycles. The first kappa shape index (κ1) is 10.5. The summed E-state index contributed by atoms with van der Waals surface area (Å²) in [4.78, 5) is 25.3. The van der Waals surface area contributed by atoms with Gasteiger partial charge in [-0.25, -0.2) is 13.8 Å².